The first-order valence-electron chi connectivity index (χ1n) is 4.68. The second kappa shape index (κ2) is 3.09. The Balaban J connectivity index is 2.12. The Bertz CT molecular complexity index is 207. The molecule has 13 heavy (non-hydrogen) atoms. The van der Waals surface area contributed by atoms with E-state index in [0.717, 1.165) is 6.42 Å². The number of halogens is 1. The molecule has 4 heteroatoms. The van der Waals surface area contributed by atoms with E-state index in [9.17, 15) is 0 Å². The summed E-state index contributed by atoms with van der Waals surface area (Å²) in [5.41, 5.74) is -0.364. The molecule has 0 aromatic rings. The van der Waals surface area contributed by atoms with E-state index in [1.54, 1.807) is 0 Å². The second-order valence-electron chi connectivity index (χ2n) is 4.00. The van der Waals surface area contributed by atoms with Gasteiger partial charge >= 0.3 is 0 Å². The lowest BCUT2D eigenvalue weighted by Gasteiger charge is -2.21. The fourth-order valence-corrected chi connectivity index (χ4v) is 2.28. The zero-order valence-electron chi connectivity index (χ0n) is 8.12. The minimum atomic E-state index is -0.514. The van der Waals surface area contributed by atoms with Crippen LogP contribution in [0.5, 0.6) is 0 Å². The van der Waals surface area contributed by atoms with Crippen molar-refractivity contribution in [1.82, 2.24) is 0 Å². The van der Waals surface area contributed by atoms with E-state index in [0.29, 0.717) is 0 Å². The van der Waals surface area contributed by atoms with E-state index in [1.807, 2.05) is 13.8 Å². The smallest absolute Gasteiger partial charge is 0.164 e. The van der Waals surface area contributed by atoms with Gasteiger partial charge in [-0.2, -0.15) is 0 Å². The predicted octanol–water partition coefficient (Wildman–Crippen LogP) is 1.88. The number of hydrogen-bond donors (Lipinski definition) is 0. The summed E-state index contributed by atoms with van der Waals surface area (Å²) >= 11 is 5.99. The Morgan fingerprint density at radius 3 is 2.46 bits per heavy atom. The summed E-state index contributed by atoms with van der Waals surface area (Å²) in [6.07, 6.45) is 0.877. The molecule has 0 bridgehead atoms. The van der Waals surface area contributed by atoms with Crippen molar-refractivity contribution in [2.24, 2.45) is 0 Å². The van der Waals surface area contributed by atoms with Gasteiger partial charge in [0.1, 0.15) is 12.2 Å². The molecule has 0 aromatic heterocycles. The lowest BCUT2D eigenvalue weighted by Crippen LogP contribution is -2.28. The van der Waals surface area contributed by atoms with E-state index in [1.165, 1.54) is 0 Å². The van der Waals surface area contributed by atoms with Gasteiger partial charge < -0.3 is 14.2 Å². The van der Waals surface area contributed by atoms with E-state index in [2.05, 4.69) is 6.92 Å². The van der Waals surface area contributed by atoms with Gasteiger partial charge in [0.05, 0.1) is 6.10 Å². The third kappa shape index (κ3) is 1.59. The molecule has 76 valence electrons. The minimum absolute atomic E-state index is 0.00231. The first-order chi connectivity index (χ1) is 6.03. The van der Waals surface area contributed by atoms with Crippen molar-refractivity contribution < 1.29 is 14.2 Å². The molecule has 0 aliphatic carbocycles. The number of rotatable bonds is 1. The first-order valence-corrected chi connectivity index (χ1v) is 5.12. The van der Waals surface area contributed by atoms with Crippen LogP contribution < -0.4 is 0 Å². The molecule has 2 heterocycles. The standard InChI is InChI=1S/C9H15ClO3/c1-4-5-6-7(8(10)11-5)13-9(2,3)12-6/h5-8H,4H2,1-3H3/t5-,6?,7+,8+/m1/s1. The quantitative estimate of drug-likeness (QED) is 0.614. The molecular formula is C9H15ClO3. The fourth-order valence-electron chi connectivity index (χ4n) is 1.96. The van der Waals surface area contributed by atoms with Crippen molar-refractivity contribution >= 4 is 11.6 Å². The number of alkyl halides is 1. The average molecular weight is 207 g/mol. The van der Waals surface area contributed by atoms with Crippen molar-refractivity contribution in [2.75, 3.05) is 0 Å². The zero-order chi connectivity index (χ0) is 9.64. The lowest BCUT2D eigenvalue weighted by atomic mass is 10.1. The monoisotopic (exact) mass is 206 g/mol. The maximum Gasteiger partial charge on any atom is 0.164 e. The predicted molar refractivity (Wildman–Crippen MR) is 48.6 cm³/mol. The number of fused-ring (bicyclic) bond motifs is 1. The van der Waals surface area contributed by atoms with Gasteiger partial charge in [-0.1, -0.05) is 18.5 Å². The highest BCUT2D eigenvalue weighted by molar-refractivity contribution is 6.20. The second-order valence-corrected chi connectivity index (χ2v) is 4.43. The van der Waals surface area contributed by atoms with Crippen LogP contribution in [0, 0.1) is 0 Å². The van der Waals surface area contributed by atoms with E-state index in [-0.39, 0.29) is 23.9 Å². The molecule has 4 atom stereocenters. The van der Waals surface area contributed by atoms with Crippen LogP contribution in [0.25, 0.3) is 0 Å². The highest BCUT2D eigenvalue weighted by Crippen LogP contribution is 2.40. The Labute approximate surface area is 83.3 Å². The van der Waals surface area contributed by atoms with Gasteiger partial charge in [0.25, 0.3) is 0 Å². The molecule has 0 N–H and O–H groups in total. The highest BCUT2D eigenvalue weighted by Gasteiger charge is 2.53. The van der Waals surface area contributed by atoms with Gasteiger partial charge in [-0.05, 0) is 20.3 Å². The molecule has 0 amide bonds. The summed E-state index contributed by atoms with van der Waals surface area (Å²) in [6, 6.07) is 0. The van der Waals surface area contributed by atoms with Crippen molar-refractivity contribution in [2.45, 2.75) is 56.9 Å². The molecule has 0 saturated carbocycles. The van der Waals surface area contributed by atoms with E-state index < -0.39 is 5.79 Å². The van der Waals surface area contributed by atoms with Crippen LogP contribution in [0.2, 0.25) is 0 Å². The highest BCUT2D eigenvalue weighted by atomic mass is 35.5. The first kappa shape index (κ1) is 9.71. The average Bonchev–Trinajstić information content (AvgIpc) is 2.47. The van der Waals surface area contributed by atoms with Gasteiger partial charge in [0.2, 0.25) is 0 Å². The summed E-state index contributed by atoms with van der Waals surface area (Å²) in [7, 11) is 0. The molecule has 2 rings (SSSR count). The van der Waals surface area contributed by atoms with Crippen molar-refractivity contribution in [3.8, 4) is 0 Å². The van der Waals surface area contributed by atoms with Crippen LogP contribution in [-0.4, -0.2) is 29.7 Å². The summed E-state index contributed by atoms with van der Waals surface area (Å²) in [5.74, 6) is -0.514. The van der Waals surface area contributed by atoms with Gasteiger partial charge in [-0.15, -0.1) is 0 Å². The molecule has 2 fully saturated rings. The van der Waals surface area contributed by atoms with Crippen LogP contribution >= 0.6 is 11.6 Å². The van der Waals surface area contributed by atoms with Crippen molar-refractivity contribution in [3.63, 3.8) is 0 Å². The van der Waals surface area contributed by atoms with Crippen LogP contribution in [0.3, 0.4) is 0 Å². The molecule has 0 spiro atoms. The minimum Gasteiger partial charge on any atom is -0.354 e. The molecule has 0 radical (unpaired) electrons. The normalized spacial score (nSPS) is 48.0. The molecule has 2 saturated heterocycles. The van der Waals surface area contributed by atoms with Crippen LogP contribution in [0.4, 0.5) is 0 Å². The Morgan fingerprint density at radius 1 is 1.23 bits per heavy atom. The summed E-state index contributed by atoms with van der Waals surface area (Å²) in [6.45, 7) is 5.87. The lowest BCUT2D eigenvalue weighted by molar-refractivity contribution is -0.179. The topological polar surface area (TPSA) is 27.7 Å². The maximum absolute atomic E-state index is 5.99. The van der Waals surface area contributed by atoms with Crippen LogP contribution in [0.1, 0.15) is 27.2 Å². The van der Waals surface area contributed by atoms with Crippen molar-refractivity contribution in [1.29, 1.82) is 0 Å². The largest absolute Gasteiger partial charge is 0.354 e. The maximum atomic E-state index is 5.99. The molecule has 2 aliphatic heterocycles. The number of hydrogen-bond acceptors (Lipinski definition) is 3. The summed E-state index contributed by atoms with van der Waals surface area (Å²) in [4.78, 5) is 0. The fraction of sp³-hybridized carbons (Fsp3) is 1.00. The molecule has 1 unspecified atom stereocenters. The van der Waals surface area contributed by atoms with Gasteiger partial charge in [0.15, 0.2) is 11.4 Å². The zero-order valence-corrected chi connectivity index (χ0v) is 8.88. The summed E-state index contributed by atoms with van der Waals surface area (Å²) in [5, 5.41) is 0. The third-order valence-corrected chi connectivity index (χ3v) is 2.85. The molecular weight excluding hydrogens is 192 g/mol. The molecule has 3 nitrogen and oxygen atoms in total. The summed E-state index contributed by atoms with van der Waals surface area (Å²) < 4.78 is 16.8. The van der Waals surface area contributed by atoms with Crippen molar-refractivity contribution in [3.05, 3.63) is 0 Å². The van der Waals surface area contributed by atoms with Gasteiger partial charge in [0, 0.05) is 0 Å². The Hall–Kier alpha value is 0.170. The Kier molecular flexibility index (Phi) is 2.31. The van der Waals surface area contributed by atoms with E-state index >= 15 is 0 Å². The van der Waals surface area contributed by atoms with Gasteiger partial charge in [-0.25, -0.2) is 0 Å². The van der Waals surface area contributed by atoms with Crippen LogP contribution in [0.15, 0.2) is 0 Å². The molecule has 2 aliphatic rings. The van der Waals surface area contributed by atoms with Crippen LogP contribution in [-0.2, 0) is 14.2 Å². The Morgan fingerprint density at radius 2 is 1.85 bits per heavy atom. The SMILES string of the molecule is CC[C@H]1O[C@H](Cl)[C@H]2OC(C)(C)OC12. The molecule has 0 aromatic carbocycles. The van der Waals surface area contributed by atoms with Gasteiger partial charge in [-0.3, -0.25) is 0 Å². The number of ether oxygens (including phenoxy) is 3. The van der Waals surface area contributed by atoms with E-state index in [4.69, 9.17) is 25.8 Å². The third-order valence-electron chi connectivity index (χ3n) is 2.50.